The fourth-order valence-electron chi connectivity index (χ4n) is 3.00. The first kappa shape index (κ1) is 18.4. The van der Waals surface area contributed by atoms with Gasteiger partial charge in [0, 0.05) is 16.0 Å². The Hall–Kier alpha value is -0.980. The molecule has 0 heterocycles. The fourth-order valence-corrected chi connectivity index (χ4v) is 5.07. The van der Waals surface area contributed by atoms with Gasteiger partial charge in [0.2, 0.25) is 0 Å². The number of aryl methyl sites for hydroxylation is 2. The molecule has 3 atom stereocenters. The van der Waals surface area contributed by atoms with Gasteiger partial charge in [0.1, 0.15) is 5.75 Å². The van der Waals surface area contributed by atoms with Gasteiger partial charge >= 0.3 is 0 Å². The van der Waals surface area contributed by atoms with E-state index < -0.39 is 0 Å². The lowest BCUT2D eigenvalue weighted by molar-refractivity contribution is 0.452. The molecule has 1 N–H and O–H groups in total. The van der Waals surface area contributed by atoms with Gasteiger partial charge < -0.3 is 5.11 Å². The topological polar surface area (TPSA) is 20.2 Å². The smallest absolute Gasteiger partial charge is 0.122 e. The van der Waals surface area contributed by atoms with Crippen molar-refractivity contribution in [3.63, 3.8) is 0 Å². The summed E-state index contributed by atoms with van der Waals surface area (Å²) in [6, 6.07) is 12.7. The quantitative estimate of drug-likeness (QED) is 0.531. The lowest BCUT2D eigenvalue weighted by atomic mass is 9.93. The Morgan fingerprint density at radius 3 is 2.48 bits per heavy atom. The van der Waals surface area contributed by atoms with Crippen LogP contribution in [0.25, 0.3) is 0 Å². The van der Waals surface area contributed by atoms with Crippen LogP contribution < -0.4 is 5.30 Å². The van der Waals surface area contributed by atoms with E-state index in [2.05, 4.69) is 70.7 Å². The Labute approximate surface area is 147 Å². The molecule has 124 valence electrons. The van der Waals surface area contributed by atoms with E-state index in [1.807, 2.05) is 13.0 Å². The van der Waals surface area contributed by atoms with Gasteiger partial charge in [0.05, 0.1) is 0 Å². The van der Waals surface area contributed by atoms with Crippen molar-refractivity contribution in [3.05, 3.63) is 58.7 Å². The highest BCUT2D eigenvalue weighted by Gasteiger charge is 2.30. The molecule has 0 fully saturated rings. The zero-order valence-electron chi connectivity index (χ0n) is 14.6. The van der Waals surface area contributed by atoms with E-state index in [0.717, 1.165) is 17.5 Å². The summed E-state index contributed by atoms with van der Waals surface area (Å²) in [6.45, 7) is 10.7. The Bertz CT molecular complexity index is 696. The van der Waals surface area contributed by atoms with E-state index in [1.54, 1.807) is 0 Å². The van der Waals surface area contributed by atoms with E-state index in [9.17, 15) is 5.11 Å². The maximum atomic E-state index is 10.6. The van der Waals surface area contributed by atoms with Gasteiger partial charge in [-0.15, -0.1) is 0 Å². The van der Waals surface area contributed by atoms with E-state index in [-0.39, 0.29) is 10.4 Å². The SMILES string of the molecule is CCC(C)(Pc1ccccc1C(C)S)c1cc(C)cc(C)c1O. The molecule has 0 radical (unpaired) electrons. The van der Waals surface area contributed by atoms with Crippen LogP contribution in [0.1, 0.15) is 54.7 Å². The Balaban J connectivity index is 2.51. The molecular weight excluding hydrogens is 319 g/mol. The largest absolute Gasteiger partial charge is 0.507 e. The molecule has 3 unspecified atom stereocenters. The summed E-state index contributed by atoms with van der Waals surface area (Å²) in [4.78, 5) is 0. The summed E-state index contributed by atoms with van der Waals surface area (Å²) in [5.41, 5.74) is 4.52. The van der Waals surface area contributed by atoms with Crippen LogP contribution in [0.5, 0.6) is 5.75 Å². The van der Waals surface area contributed by atoms with E-state index in [1.165, 1.54) is 16.4 Å². The first-order valence-electron chi connectivity index (χ1n) is 8.14. The van der Waals surface area contributed by atoms with Crippen LogP contribution in [0.2, 0.25) is 0 Å². The van der Waals surface area contributed by atoms with Crippen LogP contribution >= 0.6 is 21.2 Å². The number of hydrogen-bond acceptors (Lipinski definition) is 2. The highest BCUT2D eigenvalue weighted by Crippen LogP contribution is 2.48. The third-order valence-corrected chi connectivity index (χ3v) is 6.75. The van der Waals surface area contributed by atoms with E-state index in [0.29, 0.717) is 14.3 Å². The number of rotatable bonds is 5. The highest BCUT2D eigenvalue weighted by molar-refractivity contribution is 7.80. The first-order chi connectivity index (χ1) is 10.8. The van der Waals surface area contributed by atoms with Crippen molar-refractivity contribution in [1.82, 2.24) is 0 Å². The van der Waals surface area contributed by atoms with Crippen LogP contribution in [0, 0.1) is 13.8 Å². The first-order valence-corrected chi connectivity index (χ1v) is 9.66. The number of aromatic hydroxyl groups is 1. The molecule has 0 saturated carbocycles. The molecule has 0 saturated heterocycles. The third kappa shape index (κ3) is 3.92. The summed E-state index contributed by atoms with van der Waals surface area (Å²) in [7, 11) is 0.598. The summed E-state index contributed by atoms with van der Waals surface area (Å²) < 4.78 is 0. The van der Waals surface area contributed by atoms with Gasteiger partial charge in [0.15, 0.2) is 0 Å². The Morgan fingerprint density at radius 1 is 1.22 bits per heavy atom. The molecule has 0 spiro atoms. The van der Waals surface area contributed by atoms with E-state index >= 15 is 0 Å². The van der Waals surface area contributed by atoms with Gasteiger partial charge in [-0.3, -0.25) is 0 Å². The van der Waals surface area contributed by atoms with Gasteiger partial charge in [-0.2, -0.15) is 12.6 Å². The van der Waals surface area contributed by atoms with Crippen molar-refractivity contribution < 1.29 is 5.11 Å². The van der Waals surface area contributed by atoms with Crippen molar-refractivity contribution in [2.45, 2.75) is 51.4 Å². The molecule has 0 aliphatic rings. The second kappa shape index (κ2) is 7.28. The molecule has 0 aromatic heterocycles. The predicted molar refractivity (Wildman–Crippen MR) is 107 cm³/mol. The standard InChI is InChI=1S/C20H27OPS/c1-6-20(5,17-12-13(2)11-14(3)19(17)21)22-18-10-8-7-9-16(18)15(4)23/h7-12,15,21-23H,6H2,1-5H3. The minimum Gasteiger partial charge on any atom is -0.507 e. The molecule has 3 heteroatoms. The molecule has 2 rings (SSSR count). The van der Waals surface area contributed by atoms with Crippen molar-refractivity contribution in [3.8, 4) is 5.75 Å². The van der Waals surface area contributed by atoms with Gasteiger partial charge in [0.25, 0.3) is 0 Å². The summed E-state index contributed by atoms with van der Waals surface area (Å²) in [5.74, 6) is 0.448. The second-order valence-corrected chi connectivity index (χ2v) is 9.22. The lowest BCUT2D eigenvalue weighted by Crippen LogP contribution is -2.20. The minimum atomic E-state index is -0.0698. The van der Waals surface area contributed by atoms with Crippen molar-refractivity contribution in [1.29, 1.82) is 0 Å². The molecule has 2 aromatic carbocycles. The molecular formula is C20H27OPS. The normalized spacial score (nSPS) is 15.7. The minimum absolute atomic E-state index is 0.0698. The number of phenolic OH excluding ortho intramolecular Hbond substituents is 1. The zero-order chi connectivity index (χ0) is 17.2. The highest BCUT2D eigenvalue weighted by atomic mass is 32.1. The Morgan fingerprint density at radius 2 is 1.87 bits per heavy atom. The third-order valence-electron chi connectivity index (χ3n) is 4.57. The maximum absolute atomic E-state index is 10.6. The van der Waals surface area contributed by atoms with Crippen LogP contribution in [0.4, 0.5) is 0 Å². The number of hydrogen-bond donors (Lipinski definition) is 2. The maximum Gasteiger partial charge on any atom is 0.122 e. The lowest BCUT2D eigenvalue weighted by Gasteiger charge is -2.32. The van der Waals surface area contributed by atoms with Gasteiger partial charge in [-0.25, -0.2) is 0 Å². The monoisotopic (exact) mass is 346 g/mol. The molecule has 0 amide bonds. The van der Waals surface area contributed by atoms with E-state index in [4.69, 9.17) is 0 Å². The predicted octanol–water partition coefficient (Wildman–Crippen LogP) is 5.63. The molecule has 0 aliphatic heterocycles. The van der Waals surface area contributed by atoms with Crippen LogP contribution in [0.15, 0.2) is 36.4 Å². The molecule has 23 heavy (non-hydrogen) atoms. The van der Waals surface area contributed by atoms with Gasteiger partial charge in [-0.1, -0.05) is 64.4 Å². The summed E-state index contributed by atoms with van der Waals surface area (Å²) in [6.07, 6.45) is 0.983. The van der Waals surface area contributed by atoms with Crippen molar-refractivity contribution >= 4 is 26.5 Å². The fraction of sp³-hybridized carbons (Fsp3) is 0.400. The average Bonchev–Trinajstić information content (AvgIpc) is 2.51. The van der Waals surface area contributed by atoms with Crippen LogP contribution in [-0.2, 0) is 5.16 Å². The summed E-state index contributed by atoms with van der Waals surface area (Å²) in [5, 5.41) is 12.1. The van der Waals surface area contributed by atoms with Crippen molar-refractivity contribution in [2.24, 2.45) is 0 Å². The van der Waals surface area contributed by atoms with Crippen LogP contribution in [-0.4, -0.2) is 5.11 Å². The molecule has 2 aromatic rings. The number of phenols is 1. The van der Waals surface area contributed by atoms with Crippen LogP contribution in [0.3, 0.4) is 0 Å². The number of thiol groups is 1. The summed E-state index contributed by atoms with van der Waals surface area (Å²) >= 11 is 4.63. The zero-order valence-corrected chi connectivity index (χ0v) is 16.5. The molecule has 1 nitrogen and oxygen atoms in total. The molecule has 0 aliphatic carbocycles. The molecule has 0 bridgehead atoms. The van der Waals surface area contributed by atoms with Crippen molar-refractivity contribution in [2.75, 3.05) is 0 Å². The number of benzene rings is 2. The van der Waals surface area contributed by atoms with Gasteiger partial charge in [-0.05, 0) is 43.6 Å². The second-order valence-electron chi connectivity index (χ2n) is 6.55. The Kier molecular flexibility index (Phi) is 5.81. The average molecular weight is 346 g/mol.